The van der Waals surface area contributed by atoms with Crippen molar-refractivity contribution in [1.82, 2.24) is 14.7 Å². The molecule has 0 spiro atoms. The maximum atomic E-state index is 12.8. The van der Waals surface area contributed by atoms with Gasteiger partial charge in [0.25, 0.3) is 0 Å². The van der Waals surface area contributed by atoms with Crippen LogP contribution in [0.5, 0.6) is 0 Å². The Morgan fingerprint density at radius 3 is 2.32 bits per heavy atom. The quantitative estimate of drug-likeness (QED) is 0.752. The van der Waals surface area contributed by atoms with Crippen molar-refractivity contribution < 1.29 is 9.59 Å². The first kappa shape index (κ1) is 18.8. The fourth-order valence-corrected chi connectivity index (χ4v) is 4.13. The number of hydrogen-bond donors (Lipinski definition) is 0. The molecule has 2 aromatic rings. The Kier molecular flexibility index (Phi) is 5.55. The summed E-state index contributed by atoms with van der Waals surface area (Å²) in [7, 11) is 0. The number of carbonyl (C=O) groups excluding carboxylic acids is 2. The van der Waals surface area contributed by atoms with Gasteiger partial charge in [-0.05, 0) is 18.1 Å². The van der Waals surface area contributed by atoms with Crippen LogP contribution in [0.4, 0.5) is 0 Å². The van der Waals surface area contributed by atoms with Gasteiger partial charge in [-0.25, -0.2) is 0 Å². The van der Waals surface area contributed by atoms with Gasteiger partial charge in [0.1, 0.15) is 0 Å². The van der Waals surface area contributed by atoms with E-state index in [0.717, 1.165) is 38.3 Å². The zero-order valence-corrected chi connectivity index (χ0v) is 16.4. The van der Waals surface area contributed by atoms with Crippen molar-refractivity contribution in [3.8, 4) is 0 Å². The number of rotatable bonds is 5. The molecular weight excluding hydrogens is 350 g/mol. The molecule has 0 N–H and O–H groups in total. The molecule has 2 aliphatic rings. The van der Waals surface area contributed by atoms with Gasteiger partial charge in [0.05, 0.1) is 12.6 Å². The summed E-state index contributed by atoms with van der Waals surface area (Å²) in [5, 5.41) is 0. The van der Waals surface area contributed by atoms with Crippen molar-refractivity contribution in [3.05, 3.63) is 71.3 Å². The first-order valence-electron chi connectivity index (χ1n) is 9.99. The minimum absolute atomic E-state index is 0.0546. The fraction of sp³-hybridized carbons (Fsp3) is 0.391. The second kappa shape index (κ2) is 8.25. The lowest BCUT2D eigenvalue weighted by Crippen LogP contribution is -2.50. The Balaban J connectivity index is 1.31. The molecule has 2 saturated heterocycles. The summed E-state index contributed by atoms with van der Waals surface area (Å²) in [6.07, 6.45) is 0.288. The highest BCUT2D eigenvalue weighted by Crippen LogP contribution is 2.29. The van der Waals surface area contributed by atoms with E-state index in [9.17, 15) is 9.59 Å². The number of benzene rings is 2. The largest absolute Gasteiger partial charge is 0.297 e. The number of imide groups is 1. The van der Waals surface area contributed by atoms with Crippen LogP contribution >= 0.6 is 0 Å². The minimum atomic E-state index is -0.323. The molecule has 2 fully saturated rings. The molecule has 2 amide bonds. The summed E-state index contributed by atoms with van der Waals surface area (Å²) in [5.74, 6) is -0.434. The third-order valence-electron chi connectivity index (χ3n) is 5.74. The van der Waals surface area contributed by atoms with E-state index in [1.54, 1.807) is 0 Å². The molecule has 28 heavy (non-hydrogen) atoms. The number of carbonyl (C=O) groups is 2. The topological polar surface area (TPSA) is 43.9 Å². The van der Waals surface area contributed by atoms with E-state index in [0.29, 0.717) is 6.67 Å². The van der Waals surface area contributed by atoms with Gasteiger partial charge in [0, 0.05) is 39.1 Å². The van der Waals surface area contributed by atoms with E-state index < -0.39 is 0 Å². The average Bonchev–Trinajstić information content (AvgIpc) is 2.98. The molecule has 0 unspecified atom stereocenters. The van der Waals surface area contributed by atoms with Crippen LogP contribution in [0.2, 0.25) is 0 Å². The predicted molar refractivity (Wildman–Crippen MR) is 109 cm³/mol. The van der Waals surface area contributed by atoms with Crippen molar-refractivity contribution in [2.24, 2.45) is 0 Å². The summed E-state index contributed by atoms with van der Waals surface area (Å²) in [6, 6.07) is 18.3. The van der Waals surface area contributed by atoms with Crippen LogP contribution in [0.25, 0.3) is 0 Å². The Bertz CT molecular complexity index is 844. The van der Waals surface area contributed by atoms with Crippen LogP contribution in [0, 0.1) is 6.92 Å². The van der Waals surface area contributed by atoms with Crippen molar-refractivity contribution in [2.45, 2.75) is 25.8 Å². The predicted octanol–water partition coefficient (Wildman–Crippen LogP) is 2.61. The number of amides is 2. The van der Waals surface area contributed by atoms with Crippen molar-refractivity contribution in [1.29, 1.82) is 0 Å². The molecule has 5 heteroatoms. The van der Waals surface area contributed by atoms with Gasteiger partial charge in [-0.3, -0.25) is 24.3 Å². The highest BCUT2D eigenvalue weighted by atomic mass is 16.2. The normalized spacial score (nSPS) is 21.5. The van der Waals surface area contributed by atoms with E-state index in [1.165, 1.54) is 16.0 Å². The molecule has 2 aliphatic heterocycles. The molecule has 0 aromatic heterocycles. The lowest BCUT2D eigenvalue weighted by Gasteiger charge is -2.36. The lowest BCUT2D eigenvalue weighted by molar-refractivity contribution is -0.141. The summed E-state index contributed by atoms with van der Waals surface area (Å²) < 4.78 is 0. The molecule has 0 radical (unpaired) electrons. The summed E-state index contributed by atoms with van der Waals surface area (Å²) >= 11 is 0. The Morgan fingerprint density at radius 2 is 1.61 bits per heavy atom. The summed E-state index contributed by atoms with van der Waals surface area (Å²) in [4.78, 5) is 31.3. The van der Waals surface area contributed by atoms with Crippen molar-refractivity contribution in [2.75, 3.05) is 32.8 Å². The van der Waals surface area contributed by atoms with Gasteiger partial charge >= 0.3 is 0 Å². The van der Waals surface area contributed by atoms with E-state index in [4.69, 9.17) is 0 Å². The molecule has 5 nitrogen and oxygen atoms in total. The molecule has 2 aromatic carbocycles. The van der Waals surface area contributed by atoms with Crippen LogP contribution in [0.1, 0.15) is 29.0 Å². The van der Waals surface area contributed by atoms with Crippen molar-refractivity contribution in [3.63, 3.8) is 0 Å². The van der Waals surface area contributed by atoms with Crippen LogP contribution in [-0.2, 0) is 16.1 Å². The molecule has 0 saturated carbocycles. The standard InChI is InChI=1S/C23H27N3O2/c1-18-6-5-7-19(14-18)16-24-10-12-25(13-11-24)17-26-22(27)15-21(23(26)28)20-8-3-2-4-9-20/h2-9,14,21H,10-13,15-17H2,1H3/t21-/m1/s1. The molecule has 146 valence electrons. The van der Waals surface area contributed by atoms with Gasteiger partial charge in [-0.15, -0.1) is 0 Å². The third kappa shape index (κ3) is 4.16. The van der Waals surface area contributed by atoms with Gasteiger partial charge in [0.15, 0.2) is 0 Å². The maximum absolute atomic E-state index is 12.8. The van der Waals surface area contributed by atoms with Gasteiger partial charge in [0.2, 0.25) is 11.8 Å². The smallest absolute Gasteiger partial charge is 0.238 e. The van der Waals surface area contributed by atoms with Crippen LogP contribution in [0.3, 0.4) is 0 Å². The molecule has 2 heterocycles. The van der Waals surface area contributed by atoms with E-state index >= 15 is 0 Å². The monoisotopic (exact) mass is 377 g/mol. The van der Waals surface area contributed by atoms with E-state index in [-0.39, 0.29) is 24.2 Å². The number of hydrogen-bond acceptors (Lipinski definition) is 4. The molecule has 0 aliphatic carbocycles. The third-order valence-corrected chi connectivity index (χ3v) is 5.74. The lowest BCUT2D eigenvalue weighted by atomic mass is 9.98. The Labute approximate surface area is 166 Å². The molecule has 1 atom stereocenters. The molecular formula is C23H27N3O2. The number of likely N-dealkylation sites (tertiary alicyclic amines) is 1. The van der Waals surface area contributed by atoms with E-state index in [2.05, 4.69) is 41.0 Å². The van der Waals surface area contributed by atoms with Crippen LogP contribution in [-0.4, -0.2) is 59.4 Å². The number of aryl methyl sites for hydroxylation is 1. The first-order chi connectivity index (χ1) is 13.6. The van der Waals surface area contributed by atoms with E-state index in [1.807, 2.05) is 30.3 Å². The van der Waals surface area contributed by atoms with Crippen LogP contribution < -0.4 is 0 Å². The van der Waals surface area contributed by atoms with Crippen LogP contribution in [0.15, 0.2) is 54.6 Å². The number of piperazine rings is 1. The maximum Gasteiger partial charge on any atom is 0.238 e. The summed E-state index contributed by atoms with van der Waals surface area (Å²) in [6.45, 7) is 7.14. The second-order valence-electron chi connectivity index (χ2n) is 7.85. The number of nitrogens with zero attached hydrogens (tertiary/aromatic N) is 3. The van der Waals surface area contributed by atoms with Gasteiger partial charge in [-0.1, -0.05) is 60.2 Å². The zero-order valence-electron chi connectivity index (χ0n) is 16.4. The molecule has 0 bridgehead atoms. The Morgan fingerprint density at radius 1 is 0.893 bits per heavy atom. The Hall–Kier alpha value is -2.50. The van der Waals surface area contributed by atoms with Gasteiger partial charge in [-0.2, -0.15) is 0 Å². The summed E-state index contributed by atoms with van der Waals surface area (Å²) in [5.41, 5.74) is 3.56. The SMILES string of the molecule is Cc1cccc(CN2CCN(CN3C(=O)C[C@H](c4ccccc4)C3=O)CC2)c1. The van der Waals surface area contributed by atoms with Gasteiger partial charge < -0.3 is 0 Å². The van der Waals surface area contributed by atoms with Crippen molar-refractivity contribution >= 4 is 11.8 Å². The average molecular weight is 377 g/mol. The zero-order chi connectivity index (χ0) is 19.5. The highest BCUT2D eigenvalue weighted by Gasteiger charge is 2.40. The molecule has 4 rings (SSSR count). The first-order valence-corrected chi connectivity index (χ1v) is 9.99. The fourth-order valence-electron chi connectivity index (χ4n) is 4.13. The minimum Gasteiger partial charge on any atom is -0.297 e. The highest BCUT2D eigenvalue weighted by molar-refractivity contribution is 6.06. The second-order valence-corrected chi connectivity index (χ2v) is 7.85.